The van der Waals surface area contributed by atoms with Crippen molar-refractivity contribution in [2.75, 3.05) is 13.7 Å². The highest BCUT2D eigenvalue weighted by molar-refractivity contribution is 9.10. The topological polar surface area (TPSA) is 61.8 Å². The summed E-state index contributed by atoms with van der Waals surface area (Å²) in [6.07, 6.45) is 8.40. The van der Waals surface area contributed by atoms with Gasteiger partial charge in [-0.15, -0.1) is 0 Å². The molecule has 6 aliphatic rings. The molecule has 5 nitrogen and oxygen atoms in total. The Morgan fingerprint density at radius 1 is 1.31 bits per heavy atom. The van der Waals surface area contributed by atoms with Crippen LogP contribution in [0.4, 0.5) is 0 Å². The molecule has 6 heteroatoms. The van der Waals surface area contributed by atoms with Crippen molar-refractivity contribution in [1.82, 2.24) is 0 Å². The molecule has 7 atom stereocenters. The summed E-state index contributed by atoms with van der Waals surface area (Å²) in [6, 6.07) is 0. The van der Waals surface area contributed by atoms with Crippen molar-refractivity contribution in [2.45, 2.75) is 55.1 Å². The largest absolute Gasteiger partial charge is 0.469 e. The smallest absolute Gasteiger partial charge is 0.326 e. The molecule has 3 aliphatic carbocycles. The molecule has 26 heavy (non-hydrogen) atoms. The zero-order chi connectivity index (χ0) is 18.1. The molecule has 0 aromatic carbocycles. The van der Waals surface area contributed by atoms with Crippen LogP contribution in [0.5, 0.6) is 0 Å². The molecule has 5 fully saturated rings. The van der Waals surface area contributed by atoms with Crippen molar-refractivity contribution in [1.29, 1.82) is 0 Å². The van der Waals surface area contributed by atoms with Crippen molar-refractivity contribution in [3.05, 3.63) is 11.6 Å². The minimum atomic E-state index is -0.787. The number of carbonyl (C=O) groups excluding carboxylic acids is 2. The second-order valence-electron chi connectivity index (χ2n) is 8.55. The Bertz CT molecular complexity index is 669. The van der Waals surface area contributed by atoms with Gasteiger partial charge in [0.15, 0.2) is 4.32 Å². The summed E-state index contributed by atoms with van der Waals surface area (Å²) in [5.74, 6) is 0.299. The number of carbonyl (C=O) groups is 2. The number of rotatable bonds is 2. The van der Waals surface area contributed by atoms with Crippen LogP contribution in [0.3, 0.4) is 0 Å². The van der Waals surface area contributed by atoms with E-state index < -0.39 is 4.32 Å². The molecule has 0 spiro atoms. The maximum atomic E-state index is 12.7. The summed E-state index contributed by atoms with van der Waals surface area (Å²) in [7, 11) is 1.47. The minimum Gasteiger partial charge on any atom is -0.469 e. The molecule has 0 amide bonds. The molecule has 0 aromatic heterocycles. The zero-order valence-corrected chi connectivity index (χ0v) is 16.6. The Morgan fingerprint density at radius 3 is 2.81 bits per heavy atom. The Labute approximate surface area is 161 Å². The summed E-state index contributed by atoms with van der Waals surface area (Å²) < 4.78 is 16.3. The van der Waals surface area contributed by atoms with Gasteiger partial charge in [0.1, 0.15) is 6.10 Å². The first-order valence-electron chi connectivity index (χ1n) is 9.86. The predicted octanol–water partition coefficient (Wildman–Crippen LogP) is 3.01. The van der Waals surface area contributed by atoms with Gasteiger partial charge in [-0.3, -0.25) is 9.59 Å². The predicted molar refractivity (Wildman–Crippen MR) is 96.5 cm³/mol. The van der Waals surface area contributed by atoms with E-state index in [0.29, 0.717) is 18.9 Å². The lowest BCUT2D eigenvalue weighted by molar-refractivity contribution is -0.203. The summed E-state index contributed by atoms with van der Waals surface area (Å²) in [5, 5.41) is 0. The van der Waals surface area contributed by atoms with Gasteiger partial charge in [-0.1, -0.05) is 54.1 Å². The van der Waals surface area contributed by atoms with Gasteiger partial charge in [0, 0.05) is 12.3 Å². The van der Waals surface area contributed by atoms with E-state index in [4.69, 9.17) is 14.2 Å². The first-order chi connectivity index (χ1) is 12.6. The van der Waals surface area contributed by atoms with Crippen LogP contribution >= 0.6 is 15.9 Å². The van der Waals surface area contributed by atoms with Gasteiger partial charge in [0.05, 0.1) is 25.7 Å². The lowest BCUT2D eigenvalue weighted by Crippen LogP contribution is -2.71. The summed E-state index contributed by atoms with van der Waals surface area (Å²) >= 11 is 3.77. The van der Waals surface area contributed by atoms with Crippen LogP contribution in [0, 0.1) is 29.6 Å². The quantitative estimate of drug-likeness (QED) is 0.387. The van der Waals surface area contributed by atoms with Gasteiger partial charge >= 0.3 is 11.9 Å². The Hall–Kier alpha value is -0.880. The lowest BCUT2D eigenvalue weighted by Gasteiger charge is -2.61. The maximum absolute atomic E-state index is 12.7. The highest BCUT2D eigenvalue weighted by Crippen LogP contribution is 2.62. The van der Waals surface area contributed by atoms with E-state index >= 15 is 0 Å². The zero-order valence-electron chi connectivity index (χ0n) is 15.0. The average molecular weight is 425 g/mol. The molecule has 0 N–H and O–H groups in total. The molecule has 4 bridgehead atoms. The van der Waals surface area contributed by atoms with Crippen molar-refractivity contribution < 1.29 is 23.8 Å². The van der Waals surface area contributed by atoms with Crippen molar-refractivity contribution >= 4 is 27.9 Å². The highest BCUT2D eigenvalue weighted by Gasteiger charge is 2.69. The van der Waals surface area contributed by atoms with Gasteiger partial charge < -0.3 is 14.2 Å². The molecule has 1 unspecified atom stereocenters. The van der Waals surface area contributed by atoms with Crippen LogP contribution < -0.4 is 0 Å². The molecule has 3 aliphatic heterocycles. The monoisotopic (exact) mass is 424 g/mol. The number of hydrogen-bond donors (Lipinski definition) is 0. The molecule has 0 aromatic rings. The third kappa shape index (κ3) is 2.17. The third-order valence-corrected chi connectivity index (χ3v) is 8.84. The van der Waals surface area contributed by atoms with Crippen molar-refractivity contribution in [3.8, 4) is 0 Å². The molecule has 0 radical (unpaired) electrons. The van der Waals surface area contributed by atoms with Gasteiger partial charge in [0.25, 0.3) is 0 Å². The normalized spacial score (nSPS) is 47.2. The lowest BCUT2D eigenvalue weighted by atomic mass is 9.52. The number of hydrogen-bond acceptors (Lipinski definition) is 5. The van der Waals surface area contributed by atoms with E-state index in [2.05, 4.69) is 22.0 Å². The van der Waals surface area contributed by atoms with Crippen LogP contribution in [0.15, 0.2) is 11.6 Å². The van der Waals surface area contributed by atoms with E-state index in [9.17, 15) is 9.59 Å². The van der Waals surface area contributed by atoms with Crippen LogP contribution in [-0.2, 0) is 23.8 Å². The van der Waals surface area contributed by atoms with Crippen LogP contribution in [0.1, 0.15) is 38.5 Å². The van der Waals surface area contributed by atoms with Crippen LogP contribution in [0.2, 0.25) is 0 Å². The van der Waals surface area contributed by atoms with E-state index in [-0.39, 0.29) is 47.8 Å². The van der Waals surface area contributed by atoms with Gasteiger partial charge in [-0.2, -0.15) is 0 Å². The van der Waals surface area contributed by atoms with Crippen LogP contribution in [-0.4, -0.2) is 42.2 Å². The third-order valence-electron chi connectivity index (χ3n) is 7.51. The van der Waals surface area contributed by atoms with Gasteiger partial charge in [-0.25, -0.2) is 0 Å². The van der Waals surface area contributed by atoms with E-state index in [1.54, 1.807) is 0 Å². The van der Waals surface area contributed by atoms with E-state index in [1.807, 2.05) is 0 Å². The van der Waals surface area contributed by atoms with Crippen LogP contribution in [0.25, 0.3) is 0 Å². The number of halogens is 1. The standard InChI is InChI=1S/C20H25BrO5/c1-24-18(22)12-7-11-14-8-15-20(21,19(23)26-14)17(11)13(9-25-15)16(12)10-5-3-2-4-6-10/h7,10,12-17H,2-6,8-9H2,1H3/t12-,13?,14-,15-,16+,17-,20-/m0/s1. The summed E-state index contributed by atoms with van der Waals surface area (Å²) in [5.41, 5.74) is 1.12. The fraction of sp³-hybridized carbons (Fsp3) is 0.800. The number of esters is 2. The fourth-order valence-electron chi connectivity index (χ4n) is 6.46. The number of fused-ring (bicyclic) bond motifs is 1. The highest BCUT2D eigenvalue weighted by atomic mass is 79.9. The second kappa shape index (κ2) is 6.06. The van der Waals surface area contributed by atoms with E-state index in [1.165, 1.54) is 26.4 Å². The van der Waals surface area contributed by atoms with Crippen molar-refractivity contribution in [2.24, 2.45) is 29.6 Å². The molecule has 6 rings (SSSR count). The second-order valence-corrected chi connectivity index (χ2v) is 9.86. The summed E-state index contributed by atoms with van der Waals surface area (Å²) in [6.45, 7) is 0.620. The summed E-state index contributed by atoms with van der Waals surface area (Å²) in [4.78, 5) is 25.4. The average Bonchev–Trinajstić information content (AvgIpc) is 2.66. The first-order valence-corrected chi connectivity index (χ1v) is 10.7. The molecule has 3 heterocycles. The van der Waals surface area contributed by atoms with Gasteiger partial charge in [-0.05, 0) is 23.3 Å². The molecular formula is C20H25BrO5. The fourth-order valence-corrected chi connectivity index (χ4v) is 7.48. The Kier molecular flexibility index (Phi) is 4.02. The number of methoxy groups -OCH3 is 1. The number of ether oxygens (including phenoxy) is 3. The maximum Gasteiger partial charge on any atom is 0.326 e. The Balaban J connectivity index is 1.62. The van der Waals surface area contributed by atoms with E-state index in [0.717, 1.165) is 18.4 Å². The Morgan fingerprint density at radius 2 is 2.08 bits per heavy atom. The SMILES string of the molecule is COC(=O)[C@H]1C=C2[C@@H]3C[C@@H]4OCC([C@@H]1C1CCCCC1)[C@H]2[C@]4(Br)C(=O)O3. The molecule has 142 valence electrons. The number of alkyl halides is 1. The first kappa shape index (κ1) is 17.2. The van der Waals surface area contributed by atoms with Gasteiger partial charge in [0.2, 0.25) is 0 Å². The molecule has 2 saturated carbocycles. The molecule has 3 saturated heterocycles. The molecular weight excluding hydrogens is 400 g/mol. The minimum absolute atomic E-state index is 0.0779. The van der Waals surface area contributed by atoms with Crippen molar-refractivity contribution in [3.63, 3.8) is 0 Å².